The molecule has 1 fully saturated rings. The van der Waals surface area contributed by atoms with Crippen molar-refractivity contribution >= 4 is 38.1 Å². The first kappa shape index (κ1) is 14.7. The van der Waals surface area contributed by atoms with Crippen LogP contribution in [0.15, 0.2) is 36.4 Å². The molecule has 1 atom stereocenters. The molecule has 1 aromatic heterocycles. The number of non-ortho nitro benzene ring substituents is 1. The van der Waals surface area contributed by atoms with Crippen LogP contribution in [0.1, 0.15) is 5.56 Å². The lowest BCUT2D eigenvalue weighted by molar-refractivity contribution is -0.384. The molecule has 3 aromatic rings. The molecule has 0 radical (unpaired) electrons. The first-order valence-corrected chi connectivity index (χ1v) is 8.22. The molecule has 4 rings (SSSR count). The molecule has 1 aliphatic heterocycles. The lowest BCUT2D eigenvalue weighted by Gasteiger charge is -2.07. The molecule has 3 N–H and O–H groups in total. The van der Waals surface area contributed by atoms with Gasteiger partial charge in [0.05, 0.1) is 15.7 Å². The molecule has 24 heavy (non-hydrogen) atoms. The van der Waals surface area contributed by atoms with E-state index in [0.29, 0.717) is 10.6 Å². The number of nitrogens with zero attached hydrogens (tertiary/aromatic N) is 3. The summed E-state index contributed by atoms with van der Waals surface area (Å²) in [4.78, 5) is 16.7. The number of nitro benzene ring substituents is 1. The number of hydrogen-bond acceptors (Lipinski definition) is 7. The average molecular weight is 342 g/mol. The van der Waals surface area contributed by atoms with Gasteiger partial charge in [0, 0.05) is 30.4 Å². The number of aromatic hydroxyl groups is 1. The topological polar surface area (TPSA) is 105 Å². The van der Waals surface area contributed by atoms with E-state index in [1.807, 2.05) is 12.1 Å². The number of phenolic OH excluding ortho intramolecular Hbond substituents is 1. The highest BCUT2D eigenvalue weighted by atomic mass is 32.1. The third kappa shape index (κ3) is 2.61. The molecular weight excluding hydrogens is 328 g/mol. The molecule has 0 bridgehead atoms. The van der Waals surface area contributed by atoms with Gasteiger partial charge in [-0.15, -0.1) is 0 Å². The van der Waals surface area contributed by atoms with E-state index in [0.717, 1.165) is 28.9 Å². The van der Waals surface area contributed by atoms with Crippen LogP contribution in [0, 0.1) is 10.1 Å². The predicted molar refractivity (Wildman–Crippen MR) is 93.6 cm³/mol. The molecule has 1 saturated heterocycles. The molecule has 0 spiro atoms. The second-order valence-corrected chi connectivity index (χ2v) is 6.86. The number of phenols is 1. The Morgan fingerprint density at radius 3 is 3.04 bits per heavy atom. The van der Waals surface area contributed by atoms with Crippen molar-refractivity contribution in [1.82, 2.24) is 4.98 Å². The van der Waals surface area contributed by atoms with Gasteiger partial charge in [-0.2, -0.15) is 0 Å². The fraction of sp³-hybridized carbons (Fsp3) is 0.188. The maximum absolute atomic E-state index is 10.9. The molecule has 0 aliphatic carbocycles. The van der Waals surface area contributed by atoms with E-state index in [-0.39, 0.29) is 22.4 Å². The SMILES string of the molecule is Nc1nc2c(O)cc(N3CC3Cc3cccc([N+](=O)[O-])c3)cc2s1. The monoisotopic (exact) mass is 342 g/mol. The van der Waals surface area contributed by atoms with Gasteiger partial charge in [-0.05, 0) is 18.1 Å². The van der Waals surface area contributed by atoms with Crippen molar-refractivity contribution in [2.45, 2.75) is 12.5 Å². The number of benzene rings is 2. The summed E-state index contributed by atoms with van der Waals surface area (Å²) in [5, 5.41) is 21.4. The van der Waals surface area contributed by atoms with Gasteiger partial charge < -0.3 is 15.7 Å². The Labute approximate surface area is 141 Å². The smallest absolute Gasteiger partial charge is 0.269 e. The summed E-state index contributed by atoms with van der Waals surface area (Å²) in [6.07, 6.45) is 0.727. The first-order valence-electron chi connectivity index (χ1n) is 7.40. The Morgan fingerprint density at radius 1 is 1.42 bits per heavy atom. The van der Waals surface area contributed by atoms with Gasteiger partial charge in [-0.3, -0.25) is 10.1 Å². The molecule has 7 nitrogen and oxygen atoms in total. The minimum absolute atomic E-state index is 0.110. The number of nitrogens with two attached hydrogens (primary N) is 1. The van der Waals surface area contributed by atoms with Crippen LogP contribution in [0.5, 0.6) is 5.75 Å². The van der Waals surface area contributed by atoms with E-state index >= 15 is 0 Å². The van der Waals surface area contributed by atoms with Crippen LogP contribution in [0.3, 0.4) is 0 Å². The van der Waals surface area contributed by atoms with Gasteiger partial charge in [-0.25, -0.2) is 4.98 Å². The molecule has 2 aromatic carbocycles. The van der Waals surface area contributed by atoms with Crippen LogP contribution in [-0.2, 0) is 6.42 Å². The molecule has 8 heteroatoms. The maximum Gasteiger partial charge on any atom is 0.269 e. The molecule has 2 heterocycles. The van der Waals surface area contributed by atoms with Crippen LogP contribution in [0.2, 0.25) is 0 Å². The molecular formula is C16H14N4O3S. The van der Waals surface area contributed by atoms with E-state index in [2.05, 4.69) is 9.88 Å². The van der Waals surface area contributed by atoms with Gasteiger partial charge >= 0.3 is 0 Å². The van der Waals surface area contributed by atoms with E-state index in [1.165, 1.54) is 17.4 Å². The zero-order valence-electron chi connectivity index (χ0n) is 12.5. The van der Waals surface area contributed by atoms with Crippen molar-refractivity contribution in [2.24, 2.45) is 0 Å². The minimum atomic E-state index is -0.381. The third-order valence-electron chi connectivity index (χ3n) is 4.12. The zero-order valence-corrected chi connectivity index (χ0v) is 13.4. The molecule has 1 unspecified atom stereocenters. The first-order chi connectivity index (χ1) is 11.5. The summed E-state index contributed by atoms with van der Waals surface area (Å²) in [5.74, 6) is 0.122. The number of rotatable bonds is 4. The number of fused-ring (bicyclic) bond motifs is 1. The van der Waals surface area contributed by atoms with Crippen molar-refractivity contribution in [3.8, 4) is 5.75 Å². The zero-order chi connectivity index (χ0) is 16.8. The minimum Gasteiger partial charge on any atom is -0.506 e. The highest BCUT2D eigenvalue weighted by Crippen LogP contribution is 2.39. The van der Waals surface area contributed by atoms with Gasteiger partial charge in [0.25, 0.3) is 5.69 Å². The summed E-state index contributed by atoms with van der Waals surface area (Å²) in [7, 11) is 0. The Morgan fingerprint density at radius 2 is 2.25 bits per heavy atom. The summed E-state index contributed by atoms with van der Waals surface area (Å²) in [6.45, 7) is 0.849. The normalized spacial score (nSPS) is 16.5. The Balaban J connectivity index is 1.54. The second kappa shape index (κ2) is 5.34. The standard InChI is InChI=1S/C16H14N4O3S/c17-16-18-15-13(21)6-11(7-14(15)24-16)19-8-12(19)5-9-2-1-3-10(4-9)20(22)23/h1-4,6-7,12,21H,5,8H2,(H2,17,18). The number of thiazole rings is 1. The van der Waals surface area contributed by atoms with E-state index in [9.17, 15) is 15.2 Å². The van der Waals surface area contributed by atoms with Crippen molar-refractivity contribution in [2.75, 3.05) is 17.2 Å². The number of anilines is 2. The van der Waals surface area contributed by atoms with Gasteiger partial charge in [0.2, 0.25) is 0 Å². The summed E-state index contributed by atoms with van der Waals surface area (Å²) < 4.78 is 0.850. The Hall–Kier alpha value is -2.87. The van der Waals surface area contributed by atoms with Gasteiger partial charge in [0.15, 0.2) is 5.13 Å². The quantitative estimate of drug-likeness (QED) is 0.429. The largest absolute Gasteiger partial charge is 0.506 e. The Bertz CT molecular complexity index is 956. The summed E-state index contributed by atoms with van der Waals surface area (Å²) in [6, 6.07) is 10.6. The molecule has 0 amide bonds. The maximum atomic E-state index is 10.9. The highest BCUT2D eigenvalue weighted by Gasteiger charge is 2.35. The summed E-state index contributed by atoms with van der Waals surface area (Å²) in [5.41, 5.74) is 8.18. The van der Waals surface area contributed by atoms with E-state index < -0.39 is 0 Å². The Kier molecular flexibility index (Phi) is 3.27. The highest BCUT2D eigenvalue weighted by molar-refractivity contribution is 7.22. The van der Waals surface area contributed by atoms with Crippen LogP contribution in [0.4, 0.5) is 16.5 Å². The fourth-order valence-corrected chi connectivity index (χ4v) is 3.71. The molecule has 0 saturated carbocycles. The lowest BCUT2D eigenvalue weighted by atomic mass is 10.1. The number of nitrogen functional groups attached to an aromatic ring is 1. The van der Waals surface area contributed by atoms with Crippen molar-refractivity contribution < 1.29 is 10.0 Å². The molecule has 122 valence electrons. The van der Waals surface area contributed by atoms with Crippen molar-refractivity contribution in [1.29, 1.82) is 0 Å². The van der Waals surface area contributed by atoms with E-state index in [4.69, 9.17) is 5.73 Å². The number of aromatic nitrogens is 1. The van der Waals surface area contributed by atoms with E-state index in [1.54, 1.807) is 18.2 Å². The molecule has 1 aliphatic rings. The average Bonchev–Trinajstić information content (AvgIpc) is 3.19. The van der Waals surface area contributed by atoms with Crippen LogP contribution < -0.4 is 10.6 Å². The van der Waals surface area contributed by atoms with Gasteiger partial charge in [0.1, 0.15) is 11.3 Å². The van der Waals surface area contributed by atoms with Crippen molar-refractivity contribution in [3.05, 3.63) is 52.1 Å². The second-order valence-electron chi connectivity index (χ2n) is 5.80. The third-order valence-corrected chi connectivity index (χ3v) is 4.95. The van der Waals surface area contributed by atoms with Crippen LogP contribution in [-0.4, -0.2) is 27.6 Å². The lowest BCUT2D eigenvalue weighted by Crippen LogP contribution is -2.03. The predicted octanol–water partition coefficient (Wildman–Crippen LogP) is 2.92. The van der Waals surface area contributed by atoms with Gasteiger partial charge in [-0.1, -0.05) is 23.5 Å². The number of nitro groups is 1. The fourth-order valence-electron chi connectivity index (χ4n) is 2.92. The number of hydrogen-bond donors (Lipinski definition) is 2. The summed E-state index contributed by atoms with van der Waals surface area (Å²) >= 11 is 1.34. The van der Waals surface area contributed by atoms with Crippen molar-refractivity contribution in [3.63, 3.8) is 0 Å². The van der Waals surface area contributed by atoms with Crippen LogP contribution in [0.25, 0.3) is 10.2 Å². The van der Waals surface area contributed by atoms with Crippen LogP contribution >= 0.6 is 11.3 Å².